The smallest absolute Gasteiger partial charge is 0.387 e. The van der Waals surface area contributed by atoms with Crippen molar-refractivity contribution < 1.29 is 38.2 Å². The number of unbranched alkanes of at least 4 members (excludes halogenated alkanes) is 15. The van der Waals surface area contributed by atoms with E-state index in [1.165, 1.54) is 107 Å². The standard InChI is InChI=1S/C32H54N5O8P/c1-2-3-4-5-6-7-8-9-10-11-12-13-14-15-16-17-20-42-21-22-43-46(40,41)44-23-27-29(38)30(39)32(24-33,45-27)28-19-18-26-31(34)35-25-36-37(26)28/h18-19,25,27,29-30,38-39H,2-17,20-23H2,1H3,(H,40,41)(H2,34,35,36)/t27-,29-,30-,32+/m1/s1. The Kier molecular flexibility index (Phi) is 16.9. The van der Waals surface area contributed by atoms with Crippen LogP contribution in [0.4, 0.5) is 5.82 Å². The molecule has 5 N–H and O–H groups in total. The van der Waals surface area contributed by atoms with Crippen molar-refractivity contribution in [3.8, 4) is 6.07 Å². The molecule has 1 aliphatic rings. The van der Waals surface area contributed by atoms with Gasteiger partial charge >= 0.3 is 7.82 Å². The maximum atomic E-state index is 12.4. The van der Waals surface area contributed by atoms with Crippen LogP contribution in [0.2, 0.25) is 0 Å². The van der Waals surface area contributed by atoms with E-state index >= 15 is 0 Å². The molecular formula is C32H54N5O8P. The molecule has 2 aromatic heterocycles. The van der Waals surface area contributed by atoms with E-state index in [0.717, 1.165) is 12.8 Å². The van der Waals surface area contributed by atoms with E-state index in [1.54, 1.807) is 6.07 Å². The van der Waals surface area contributed by atoms with Gasteiger partial charge in [-0.1, -0.05) is 103 Å². The first-order chi connectivity index (χ1) is 22.3. The van der Waals surface area contributed by atoms with Gasteiger partial charge in [0.25, 0.3) is 0 Å². The number of nitrogens with two attached hydrogens (primary N) is 1. The maximum absolute atomic E-state index is 12.4. The number of anilines is 1. The van der Waals surface area contributed by atoms with Crippen LogP contribution in [0.15, 0.2) is 18.5 Å². The number of phosphoric ester groups is 1. The molecule has 0 spiro atoms. The number of aliphatic hydroxyl groups is 2. The number of ether oxygens (including phenoxy) is 2. The quantitative estimate of drug-likeness (QED) is 0.0761. The van der Waals surface area contributed by atoms with Crippen LogP contribution in [0.25, 0.3) is 5.52 Å². The Morgan fingerprint density at radius 2 is 1.52 bits per heavy atom. The zero-order valence-corrected chi connectivity index (χ0v) is 28.2. The second-order valence-corrected chi connectivity index (χ2v) is 13.6. The summed E-state index contributed by atoms with van der Waals surface area (Å²) in [5.41, 5.74) is 4.30. The number of hydrogen-bond acceptors (Lipinski definition) is 11. The molecule has 2 aromatic rings. The molecule has 13 nitrogen and oxygen atoms in total. The lowest BCUT2D eigenvalue weighted by Crippen LogP contribution is -2.41. The van der Waals surface area contributed by atoms with Crippen molar-refractivity contribution in [1.82, 2.24) is 14.6 Å². The predicted octanol–water partition coefficient (Wildman–Crippen LogP) is 5.56. The summed E-state index contributed by atoms with van der Waals surface area (Å²) in [6.07, 6.45) is 17.3. The van der Waals surface area contributed by atoms with Gasteiger partial charge < -0.3 is 30.3 Å². The summed E-state index contributed by atoms with van der Waals surface area (Å²) in [6.45, 7) is 2.14. The number of nitrogens with zero attached hydrogens (tertiary/aromatic N) is 4. The Hall–Kier alpha value is -2.14. The third-order valence-corrected chi connectivity index (χ3v) is 9.50. The highest BCUT2D eigenvalue weighted by molar-refractivity contribution is 7.47. The summed E-state index contributed by atoms with van der Waals surface area (Å²) in [6, 6.07) is 4.93. The van der Waals surface area contributed by atoms with E-state index < -0.39 is 38.3 Å². The highest BCUT2D eigenvalue weighted by Gasteiger charge is 2.58. The molecular weight excluding hydrogens is 613 g/mol. The molecule has 3 heterocycles. The molecule has 1 saturated heterocycles. The van der Waals surface area contributed by atoms with E-state index in [2.05, 4.69) is 17.0 Å². The van der Waals surface area contributed by atoms with Crippen LogP contribution in [0.5, 0.6) is 0 Å². The van der Waals surface area contributed by atoms with Gasteiger partial charge in [0.2, 0.25) is 5.60 Å². The normalized spacial score (nSPS) is 22.7. The lowest BCUT2D eigenvalue weighted by molar-refractivity contribution is -0.0646. The number of aromatic nitrogens is 3. The molecule has 14 heteroatoms. The highest BCUT2D eigenvalue weighted by atomic mass is 31.2. The van der Waals surface area contributed by atoms with E-state index in [9.17, 15) is 24.9 Å². The van der Waals surface area contributed by atoms with Gasteiger partial charge in [-0.15, -0.1) is 0 Å². The fourth-order valence-corrected chi connectivity index (χ4v) is 6.54. The number of nitrogen functional groups attached to an aromatic ring is 1. The third-order valence-electron chi connectivity index (χ3n) is 8.51. The zero-order valence-electron chi connectivity index (χ0n) is 27.3. The van der Waals surface area contributed by atoms with Crippen molar-refractivity contribution in [3.05, 3.63) is 24.2 Å². The van der Waals surface area contributed by atoms with Gasteiger partial charge in [0.1, 0.15) is 36.2 Å². The fraction of sp³-hybridized carbons (Fsp3) is 0.781. The minimum Gasteiger partial charge on any atom is -0.387 e. The summed E-state index contributed by atoms with van der Waals surface area (Å²) >= 11 is 0. The fourth-order valence-electron chi connectivity index (χ4n) is 5.82. The molecule has 5 atom stereocenters. The number of hydrogen-bond donors (Lipinski definition) is 4. The summed E-state index contributed by atoms with van der Waals surface area (Å²) in [4.78, 5) is 14.0. The van der Waals surface area contributed by atoms with E-state index in [4.69, 9.17) is 24.3 Å². The average Bonchev–Trinajstić information content (AvgIpc) is 3.59. The SMILES string of the molecule is CCCCCCCCCCCCCCCCCCOCCOP(=O)(O)OC[C@H]1O[C@@](C#N)(c2ccc3c(N)ncnn23)[C@H](O)[C@@H]1O. The molecule has 3 rings (SSSR count). The zero-order chi connectivity index (χ0) is 33.3. The Morgan fingerprint density at radius 3 is 2.11 bits per heavy atom. The minimum atomic E-state index is -4.52. The van der Waals surface area contributed by atoms with Crippen molar-refractivity contribution >= 4 is 19.2 Å². The number of rotatable bonds is 25. The van der Waals surface area contributed by atoms with Crippen LogP contribution >= 0.6 is 7.82 Å². The molecule has 0 amide bonds. The van der Waals surface area contributed by atoms with Gasteiger partial charge in [-0.05, 0) is 18.6 Å². The van der Waals surface area contributed by atoms with Crippen molar-refractivity contribution in [2.45, 2.75) is 134 Å². The van der Waals surface area contributed by atoms with Crippen LogP contribution in [-0.2, 0) is 28.7 Å². The second kappa shape index (κ2) is 20.3. The summed E-state index contributed by atoms with van der Waals surface area (Å²) in [5, 5.41) is 35.4. The van der Waals surface area contributed by atoms with Crippen LogP contribution in [0.3, 0.4) is 0 Å². The first-order valence-electron chi connectivity index (χ1n) is 17.0. The molecule has 0 bridgehead atoms. The summed E-state index contributed by atoms with van der Waals surface area (Å²) in [5.74, 6) is 0.148. The number of phosphoric acid groups is 1. The van der Waals surface area contributed by atoms with Gasteiger partial charge in [0.15, 0.2) is 5.82 Å². The maximum Gasteiger partial charge on any atom is 0.472 e. The number of nitriles is 1. The Balaban J connectivity index is 1.21. The third kappa shape index (κ3) is 11.5. The molecule has 46 heavy (non-hydrogen) atoms. The van der Waals surface area contributed by atoms with Gasteiger partial charge in [0, 0.05) is 6.61 Å². The van der Waals surface area contributed by atoms with Crippen molar-refractivity contribution in [2.75, 3.05) is 32.2 Å². The minimum absolute atomic E-state index is 0.109. The van der Waals surface area contributed by atoms with Crippen LogP contribution < -0.4 is 5.73 Å². The van der Waals surface area contributed by atoms with Gasteiger partial charge in [-0.25, -0.2) is 14.1 Å². The average molecular weight is 668 g/mol. The van der Waals surface area contributed by atoms with Crippen molar-refractivity contribution in [3.63, 3.8) is 0 Å². The Labute approximate surface area is 273 Å². The van der Waals surface area contributed by atoms with E-state index in [0.29, 0.717) is 12.1 Å². The first-order valence-corrected chi connectivity index (χ1v) is 18.5. The molecule has 1 aliphatic heterocycles. The molecule has 260 valence electrons. The van der Waals surface area contributed by atoms with Gasteiger partial charge in [-0.2, -0.15) is 10.4 Å². The summed E-state index contributed by atoms with van der Waals surface area (Å²) < 4.78 is 34.9. The van der Waals surface area contributed by atoms with Crippen LogP contribution in [-0.4, -0.2) is 74.4 Å². The lowest BCUT2D eigenvalue weighted by Gasteiger charge is -2.24. The van der Waals surface area contributed by atoms with E-state index in [1.807, 2.05) is 6.07 Å². The lowest BCUT2D eigenvalue weighted by atomic mass is 9.92. The monoisotopic (exact) mass is 667 g/mol. The predicted molar refractivity (Wildman–Crippen MR) is 174 cm³/mol. The van der Waals surface area contributed by atoms with Crippen LogP contribution in [0.1, 0.15) is 115 Å². The van der Waals surface area contributed by atoms with Crippen molar-refractivity contribution in [1.29, 1.82) is 5.26 Å². The molecule has 1 unspecified atom stereocenters. The summed E-state index contributed by atoms with van der Waals surface area (Å²) in [7, 11) is -4.52. The Bertz CT molecular complexity index is 1240. The first kappa shape index (κ1) is 38.3. The number of aliphatic hydroxyl groups excluding tert-OH is 2. The molecule has 0 saturated carbocycles. The van der Waals surface area contributed by atoms with Gasteiger partial charge in [-0.3, -0.25) is 9.05 Å². The largest absolute Gasteiger partial charge is 0.472 e. The second-order valence-electron chi connectivity index (χ2n) is 12.1. The van der Waals surface area contributed by atoms with Gasteiger partial charge in [0.05, 0.1) is 25.5 Å². The topological polar surface area (TPSA) is 195 Å². The molecule has 0 radical (unpaired) electrons. The van der Waals surface area contributed by atoms with Crippen molar-refractivity contribution in [2.24, 2.45) is 0 Å². The van der Waals surface area contributed by atoms with E-state index in [-0.39, 0.29) is 24.7 Å². The molecule has 0 aromatic carbocycles. The molecule has 1 fully saturated rings. The number of fused-ring (bicyclic) bond motifs is 1. The molecule has 0 aliphatic carbocycles. The van der Waals surface area contributed by atoms with Crippen LogP contribution in [0, 0.1) is 11.3 Å². The Morgan fingerprint density at radius 1 is 0.935 bits per heavy atom. The highest BCUT2D eigenvalue weighted by Crippen LogP contribution is 2.46.